The number of amides is 1. The van der Waals surface area contributed by atoms with Crippen molar-refractivity contribution in [1.82, 2.24) is 5.01 Å². The third-order valence-corrected chi connectivity index (χ3v) is 5.75. The van der Waals surface area contributed by atoms with Crippen LogP contribution >= 0.6 is 35.6 Å². The van der Waals surface area contributed by atoms with Gasteiger partial charge in [-0.05, 0) is 72.9 Å². The van der Waals surface area contributed by atoms with Gasteiger partial charge in [0.25, 0.3) is 5.91 Å². The summed E-state index contributed by atoms with van der Waals surface area (Å²) in [6, 6.07) is 16.9. The van der Waals surface area contributed by atoms with Gasteiger partial charge in [0.2, 0.25) is 0 Å². The molecule has 1 aliphatic rings. The van der Waals surface area contributed by atoms with Gasteiger partial charge < -0.3 is 9.52 Å². The molecule has 1 amide bonds. The molecule has 1 aromatic heterocycles. The zero-order chi connectivity index (χ0) is 21.3. The monoisotopic (exact) mass is 456 g/mol. The number of halogens is 1. The quantitative estimate of drug-likeness (QED) is 0.386. The van der Waals surface area contributed by atoms with Gasteiger partial charge in [0.1, 0.15) is 11.5 Å². The molecule has 6 nitrogen and oxygen atoms in total. The first kappa shape index (κ1) is 20.2. The molecule has 1 saturated heterocycles. The molecule has 0 radical (unpaired) electrons. The van der Waals surface area contributed by atoms with E-state index in [0.29, 0.717) is 31.5 Å². The molecule has 0 spiro atoms. The Hall–Kier alpha value is -3.07. The topological polar surface area (TPSA) is 82.8 Å². The molecule has 2 N–H and O–H groups in total. The Labute approximate surface area is 186 Å². The number of carbonyl (C=O) groups is 2. The maximum Gasteiger partial charge on any atom is 0.335 e. The smallest absolute Gasteiger partial charge is 0.335 e. The van der Waals surface area contributed by atoms with Gasteiger partial charge in [-0.2, -0.15) is 0 Å². The van der Waals surface area contributed by atoms with Crippen LogP contribution in [0.2, 0.25) is 5.02 Å². The molecule has 4 rings (SSSR count). The number of hydrogen-bond donors (Lipinski definition) is 2. The van der Waals surface area contributed by atoms with Gasteiger partial charge >= 0.3 is 5.97 Å². The first-order valence-electron chi connectivity index (χ1n) is 8.64. The van der Waals surface area contributed by atoms with Crippen molar-refractivity contribution in [3.63, 3.8) is 0 Å². The fourth-order valence-corrected chi connectivity index (χ4v) is 3.99. The summed E-state index contributed by atoms with van der Waals surface area (Å²) in [5.41, 5.74) is 4.47. The number of hydrazine groups is 1. The van der Waals surface area contributed by atoms with Crippen molar-refractivity contribution in [3.8, 4) is 11.3 Å². The van der Waals surface area contributed by atoms with E-state index >= 15 is 0 Å². The number of carbonyl (C=O) groups excluding carboxylic acids is 1. The number of aromatic carboxylic acids is 1. The van der Waals surface area contributed by atoms with E-state index in [1.54, 1.807) is 36.4 Å². The lowest BCUT2D eigenvalue weighted by Gasteiger charge is -2.17. The molecule has 0 saturated carbocycles. The molecule has 0 bridgehead atoms. The van der Waals surface area contributed by atoms with Crippen LogP contribution < -0.4 is 5.43 Å². The zero-order valence-electron chi connectivity index (χ0n) is 15.2. The number of rotatable bonds is 5. The van der Waals surface area contributed by atoms with Crippen molar-refractivity contribution >= 4 is 63.5 Å². The summed E-state index contributed by atoms with van der Waals surface area (Å²) in [6.45, 7) is 0. The van der Waals surface area contributed by atoms with E-state index in [-0.39, 0.29) is 11.5 Å². The molecule has 1 fully saturated rings. The van der Waals surface area contributed by atoms with Crippen LogP contribution in [0.4, 0.5) is 5.69 Å². The minimum atomic E-state index is -1.02. The van der Waals surface area contributed by atoms with Crippen molar-refractivity contribution in [2.75, 3.05) is 5.43 Å². The Kier molecular flexibility index (Phi) is 5.63. The highest BCUT2D eigenvalue weighted by molar-refractivity contribution is 8.26. The summed E-state index contributed by atoms with van der Waals surface area (Å²) in [4.78, 5) is 24.1. The van der Waals surface area contributed by atoms with E-state index in [4.69, 9.17) is 33.3 Å². The highest BCUT2D eigenvalue weighted by Gasteiger charge is 2.32. The Balaban J connectivity index is 1.50. The van der Waals surface area contributed by atoms with Gasteiger partial charge in [-0.3, -0.25) is 10.2 Å². The van der Waals surface area contributed by atoms with Crippen LogP contribution in [0.1, 0.15) is 16.1 Å². The Morgan fingerprint density at radius 3 is 2.47 bits per heavy atom. The number of hydrogen-bond acceptors (Lipinski definition) is 6. The van der Waals surface area contributed by atoms with Crippen molar-refractivity contribution < 1.29 is 19.1 Å². The van der Waals surface area contributed by atoms with Crippen LogP contribution in [0.3, 0.4) is 0 Å². The maximum absolute atomic E-state index is 12.8. The Morgan fingerprint density at radius 2 is 1.80 bits per heavy atom. The van der Waals surface area contributed by atoms with Gasteiger partial charge in [-0.25, -0.2) is 9.80 Å². The normalized spacial score (nSPS) is 15.1. The highest BCUT2D eigenvalue weighted by Crippen LogP contribution is 2.34. The number of nitrogens with zero attached hydrogens (tertiary/aromatic N) is 1. The van der Waals surface area contributed by atoms with Crippen LogP contribution in [0.15, 0.2) is 70.0 Å². The number of carboxylic acid groups (broad SMARTS) is 1. The summed E-state index contributed by atoms with van der Waals surface area (Å²) in [7, 11) is 0. The van der Waals surface area contributed by atoms with Gasteiger partial charge in [0, 0.05) is 16.7 Å². The Bertz CT molecular complexity index is 1170. The van der Waals surface area contributed by atoms with E-state index in [0.717, 1.165) is 17.3 Å². The number of furan rings is 1. The van der Waals surface area contributed by atoms with Crippen LogP contribution in [-0.2, 0) is 4.79 Å². The standard InChI is InChI=1S/C21H13ClN2O4S2/c22-14-5-1-12(2-6-14)17-10-9-16(28-17)11-18-19(25)24(21(29)30-18)23-15-7-3-13(4-8-15)20(26)27/h1-11,23H,(H,26,27). The van der Waals surface area contributed by atoms with Crippen molar-refractivity contribution in [1.29, 1.82) is 0 Å². The largest absolute Gasteiger partial charge is 0.478 e. The second-order valence-corrected chi connectivity index (χ2v) is 8.33. The molecule has 30 heavy (non-hydrogen) atoms. The number of nitrogens with one attached hydrogen (secondary N) is 1. The summed E-state index contributed by atoms with van der Waals surface area (Å²) >= 11 is 12.4. The third-order valence-electron chi connectivity index (χ3n) is 4.20. The van der Waals surface area contributed by atoms with E-state index in [1.807, 2.05) is 18.2 Å². The fourth-order valence-electron chi connectivity index (χ4n) is 2.71. The van der Waals surface area contributed by atoms with E-state index < -0.39 is 5.97 Å². The number of thioether (sulfide) groups is 1. The summed E-state index contributed by atoms with van der Waals surface area (Å²) in [5.74, 6) is -0.167. The molecular formula is C21H13ClN2O4S2. The van der Waals surface area contributed by atoms with Crippen LogP contribution in [0.25, 0.3) is 17.4 Å². The molecule has 0 aliphatic carbocycles. The maximum atomic E-state index is 12.8. The zero-order valence-corrected chi connectivity index (χ0v) is 17.6. The predicted molar refractivity (Wildman–Crippen MR) is 121 cm³/mol. The summed E-state index contributed by atoms with van der Waals surface area (Å²) in [6.07, 6.45) is 1.63. The number of anilines is 1. The summed E-state index contributed by atoms with van der Waals surface area (Å²) in [5, 5.41) is 10.9. The minimum absolute atomic E-state index is 0.153. The Morgan fingerprint density at radius 1 is 1.10 bits per heavy atom. The molecule has 150 valence electrons. The van der Waals surface area contributed by atoms with Crippen molar-refractivity contribution in [3.05, 3.63) is 81.9 Å². The van der Waals surface area contributed by atoms with Crippen molar-refractivity contribution in [2.45, 2.75) is 0 Å². The van der Waals surface area contributed by atoms with Gasteiger partial charge in [0.05, 0.1) is 16.2 Å². The molecular weight excluding hydrogens is 444 g/mol. The van der Waals surface area contributed by atoms with Crippen LogP contribution in [0, 0.1) is 0 Å². The van der Waals surface area contributed by atoms with E-state index in [1.165, 1.54) is 17.1 Å². The molecule has 0 unspecified atom stereocenters. The highest BCUT2D eigenvalue weighted by atomic mass is 35.5. The SMILES string of the molecule is O=C(O)c1ccc(NN2C(=O)C(=Cc3ccc(-c4ccc(Cl)cc4)o3)SC2=S)cc1. The van der Waals surface area contributed by atoms with Crippen LogP contribution in [-0.4, -0.2) is 26.3 Å². The number of thiocarbonyl (C=S) groups is 1. The van der Waals surface area contributed by atoms with Crippen LogP contribution in [0.5, 0.6) is 0 Å². The lowest BCUT2D eigenvalue weighted by molar-refractivity contribution is -0.121. The fraction of sp³-hybridized carbons (Fsp3) is 0. The molecule has 2 aromatic carbocycles. The minimum Gasteiger partial charge on any atom is -0.478 e. The predicted octanol–water partition coefficient (Wildman–Crippen LogP) is 5.53. The molecule has 2 heterocycles. The van der Waals surface area contributed by atoms with Gasteiger partial charge in [-0.1, -0.05) is 23.4 Å². The average Bonchev–Trinajstić information content (AvgIpc) is 3.29. The average molecular weight is 457 g/mol. The first-order chi connectivity index (χ1) is 14.4. The van der Waals surface area contributed by atoms with Gasteiger partial charge in [-0.15, -0.1) is 0 Å². The first-order valence-corrected chi connectivity index (χ1v) is 10.2. The lowest BCUT2D eigenvalue weighted by atomic mass is 10.2. The van der Waals surface area contributed by atoms with E-state index in [9.17, 15) is 9.59 Å². The third kappa shape index (κ3) is 4.25. The molecule has 3 aromatic rings. The molecule has 0 atom stereocenters. The van der Waals surface area contributed by atoms with Crippen molar-refractivity contribution in [2.24, 2.45) is 0 Å². The number of benzene rings is 2. The van der Waals surface area contributed by atoms with E-state index in [2.05, 4.69) is 5.43 Å². The second kappa shape index (κ2) is 8.35. The van der Waals surface area contributed by atoms with Gasteiger partial charge in [0.15, 0.2) is 4.32 Å². The molecule has 1 aliphatic heterocycles. The molecule has 9 heteroatoms. The lowest BCUT2D eigenvalue weighted by Crippen LogP contribution is -2.33. The second-order valence-electron chi connectivity index (χ2n) is 6.22. The summed E-state index contributed by atoms with van der Waals surface area (Å²) < 4.78 is 6.15. The number of carboxylic acids is 1.